The first kappa shape index (κ1) is 16.1. The Morgan fingerprint density at radius 3 is 3.10 bits per heavy atom. The van der Waals surface area contributed by atoms with Gasteiger partial charge in [-0.2, -0.15) is 11.8 Å². The van der Waals surface area contributed by atoms with Crippen LogP contribution in [0.5, 0.6) is 0 Å². The molecule has 1 N–H and O–H groups in total. The topological polar surface area (TPSA) is 44.8 Å². The predicted octanol–water partition coefficient (Wildman–Crippen LogP) is 0.262. The van der Waals surface area contributed by atoms with Gasteiger partial charge in [0.25, 0.3) is 0 Å². The Morgan fingerprint density at radius 2 is 2.35 bits per heavy atom. The second kappa shape index (κ2) is 8.87. The van der Waals surface area contributed by atoms with Crippen molar-refractivity contribution in [3.05, 3.63) is 0 Å². The number of thioether (sulfide) groups is 1. The Morgan fingerprint density at radius 1 is 1.45 bits per heavy atom. The van der Waals surface area contributed by atoms with Gasteiger partial charge in [0.1, 0.15) is 0 Å². The molecule has 0 aromatic carbocycles. The third-order valence-corrected chi connectivity index (χ3v) is 5.14. The van der Waals surface area contributed by atoms with Gasteiger partial charge >= 0.3 is 0 Å². The number of hydrogen-bond acceptors (Lipinski definition) is 5. The highest BCUT2D eigenvalue weighted by atomic mass is 32.2. The Balaban J connectivity index is 1.87. The van der Waals surface area contributed by atoms with Crippen LogP contribution in [0.3, 0.4) is 0 Å². The summed E-state index contributed by atoms with van der Waals surface area (Å²) in [7, 11) is 1.70. The van der Waals surface area contributed by atoms with Crippen LogP contribution >= 0.6 is 11.8 Å². The van der Waals surface area contributed by atoms with E-state index in [9.17, 15) is 4.79 Å². The van der Waals surface area contributed by atoms with E-state index >= 15 is 0 Å². The Kier molecular flexibility index (Phi) is 7.13. The fourth-order valence-electron chi connectivity index (χ4n) is 2.81. The minimum Gasteiger partial charge on any atom is -0.383 e. The van der Waals surface area contributed by atoms with E-state index in [0.717, 1.165) is 51.3 Å². The van der Waals surface area contributed by atoms with Crippen LogP contribution in [0.2, 0.25) is 0 Å². The fraction of sp³-hybridized carbons (Fsp3) is 0.929. The molecule has 0 radical (unpaired) electrons. The lowest BCUT2D eigenvalue weighted by Gasteiger charge is -2.31. The van der Waals surface area contributed by atoms with Gasteiger partial charge < -0.3 is 15.0 Å². The average Bonchev–Trinajstić information content (AvgIpc) is 2.85. The summed E-state index contributed by atoms with van der Waals surface area (Å²) in [5, 5.41) is 3.38. The highest BCUT2D eigenvalue weighted by molar-refractivity contribution is 7.99. The minimum atomic E-state index is 0.274. The van der Waals surface area contributed by atoms with E-state index in [-0.39, 0.29) is 5.91 Å². The molecular weight excluding hydrogens is 274 g/mol. The zero-order valence-electron chi connectivity index (χ0n) is 12.5. The van der Waals surface area contributed by atoms with Gasteiger partial charge in [-0.25, -0.2) is 0 Å². The van der Waals surface area contributed by atoms with Crippen LogP contribution in [0.15, 0.2) is 0 Å². The number of carbonyl (C=O) groups is 1. The molecule has 1 atom stereocenters. The molecule has 20 heavy (non-hydrogen) atoms. The largest absolute Gasteiger partial charge is 0.383 e. The number of nitrogens with one attached hydrogen (secondary N) is 1. The van der Waals surface area contributed by atoms with Crippen LogP contribution in [-0.4, -0.2) is 86.2 Å². The molecule has 1 unspecified atom stereocenters. The molecule has 0 aliphatic carbocycles. The maximum Gasteiger partial charge on any atom is 0.237 e. The summed E-state index contributed by atoms with van der Waals surface area (Å²) in [5.41, 5.74) is 0. The molecule has 2 aliphatic heterocycles. The summed E-state index contributed by atoms with van der Waals surface area (Å²) < 4.78 is 5.17. The standard InChI is InChI=1S/C14H27N3O2S/c1-19-9-8-17(13-3-10-20-12-13)14(18)11-16-6-2-4-15-5-7-16/h13,15H,2-12H2,1H3. The van der Waals surface area contributed by atoms with Gasteiger partial charge in [0.15, 0.2) is 0 Å². The van der Waals surface area contributed by atoms with E-state index in [0.29, 0.717) is 19.2 Å². The number of hydrogen-bond donors (Lipinski definition) is 1. The summed E-state index contributed by atoms with van der Waals surface area (Å²) >= 11 is 1.95. The lowest BCUT2D eigenvalue weighted by Crippen LogP contribution is -2.47. The summed E-state index contributed by atoms with van der Waals surface area (Å²) in [6, 6.07) is 0.410. The number of nitrogens with zero attached hydrogens (tertiary/aromatic N) is 2. The van der Waals surface area contributed by atoms with E-state index in [1.807, 2.05) is 11.8 Å². The average molecular weight is 301 g/mol. The minimum absolute atomic E-state index is 0.274. The van der Waals surface area contributed by atoms with Gasteiger partial charge in [0.2, 0.25) is 5.91 Å². The van der Waals surface area contributed by atoms with Crippen molar-refractivity contribution < 1.29 is 9.53 Å². The zero-order chi connectivity index (χ0) is 14.2. The molecule has 2 saturated heterocycles. The van der Waals surface area contributed by atoms with Gasteiger partial charge in [0, 0.05) is 38.5 Å². The molecule has 2 aliphatic rings. The number of carbonyl (C=O) groups excluding carboxylic acids is 1. The molecule has 0 bridgehead atoms. The van der Waals surface area contributed by atoms with Crippen molar-refractivity contribution in [2.24, 2.45) is 0 Å². The summed E-state index contributed by atoms with van der Waals surface area (Å²) in [5.74, 6) is 2.53. The van der Waals surface area contributed by atoms with Crippen LogP contribution in [0.4, 0.5) is 0 Å². The third-order valence-electron chi connectivity index (χ3n) is 3.99. The number of methoxy groups -OCH3 is 1. The number of ether oxygens (including phenoxy) is 1. The highest BCUT2D eigenvalue weighted by Crippen LogP contribution is 2.22. The zero-order valence-corrected chi connectivity index (χ0v) is 13.3. The van der Waals surface area contributed by atoms with Crippen molar-refractivity contribution in [3.63, 3.8) is 0 Å². The Labute approximate surface area is 126 Å². The molecule has 2 rings (SSSR count). The van der Waals surface area contributed by atoms with Crippen LogP contribution in [-0.2, 0) is 9.53 Å². The maximum absolute atomic E-state index is 12.6. The molecular formula is C14H27N3O2S. The Bertz CT molecular complexity index is 290. The number of rotatable bonds is 6. The second-order valence-electron chi connectivity index (χ2n) is 5.48. The molecule has 2 heterocycles. The predicted molar refractivity (Wildman–Crippen MR) is 83.2 cm³/mol. The van der Waals surface area contributed by atoms with Crippen LogP contribution < -0.4 is 5.32 Å². The maximum atomic E-state index is 12.6. The molecule has 0 aromatic heterocycles. The fourth-order valence-corrected chi connectivity index (χ4v) is 4.03. The molecule has 0 spiro atoms. The van der Waals surface area contributed by atoms with Gasteiger partial charge in [0.05, 0.1) is 13.2 Å². The molecule has 1 amide bonds. The van der Waals surface area contributed by atoms with Crippen LogP contribution in [0, 0.1) is 0 Å². The third kappa shape index (κ3) is 4.91. The van der Waals surface area contributed by atoms with E-state index in [4.69, 9.17) is 4.74 Å². The van der Waals surface area contributed by atoms with Crippen molar-refractivity contribution in [1.82, 2.24) is 15.1 Å². The van der Waals surface area contributed by atoms with Crippen molar-refractivity contribution in [2.75, 3.05) is 64.5 Å². The summed E-state index contributed by atoms with van der Waals surface area (Å²) in [6.07, 6.45) is 2.26. The molecule has 0 saturated carbocycles. The van der Waals surface area contributed by atoms with Gasteiger partial charge in [-0.05, 0) is 31.7 Å². The lowest BCUT2D eigenvalue weighted by atomic mass is 10.2. The first-order valence-electron chi connectivity index (χ1n) is 7.60. The van der Waals surface area contributed by atoms with Crippen molar-refractivity contribution in [1.29, 1.82) is 0 Å². The second-order valence-corrected chi connectivity index (χ2v) is 6.63. The molecule has 0 aromatic rings. The van der Waals surface area contributed by atoms with Gasteiger partial charge in [-0.15, -0.1) is 0 Å². The van der Waals surface area contributed by atoms with E-state index in [1.54, 1.807) is 7.11 Å². The van der Waals surface area contributed by atoms with E-state index in [1.165, 1.54) is 5.75 Å². The van der Waals surface area contributed by atoms with Gasteiger partial charge in [-0.1, -0.05) is 0 Å². The van der Waals surface area contributed by atoms with Crippen LogP contribution in [0.1, 0.15) is 12.8 Å². The molecule has 2 fully saturated rings. The first-order chi connectivity index (χ1) is 9.81. The SMILES string of the molecule is COCCN(C(=O)CN1CCCNCC1)C1CCSC1. The first-order valence-corrected chi connectivity index (χ1v) is 8.76. The Hall–Kier alpha value is -0.300. The monoisotopic (exact) mass is 301 g/mol. The summed E-state index contributed by atoms with van der Waals surface area (Å²) in [4.78, 5) is 17.0. The van der Waals surface area contributed by atoms with E-state index in [2.05, 4.69) is 15.1 Å². The molecule has 116 valence electrons. The molecule has 6 heteroatoms. The van der Waals surface area contributed by atoms with Gasteiger partial charge in [-0.3, -0.25) is 9.69 Å². The van der Waals surface area contributed by atoms with Crippen molar-refractivity contribution >= 4 is 17.7 Å². The summed E-state index contributed by atoms with van der Waals surface area (Å²) in [6.45, 7) is 5.98. The van der Waals surface area contributed by atoms with E-state index < -0.39 is 0 Å². The highest BCUT2D eigenvalue weighted by Gasteiger charge is 2.27. The van der Waals surface area contributed by atoms with Crippen molar-refractivity contribution in [2.45, 2.75) is 18.9 Å². The quantitative estimate of drug-likeness (QED) is 0.762. The number of amides is 1. The normalized spacial score (nSPS) is 24.6. The van der Waals surface area contributed by atoms with Crippen LogP contribution in [0.25, 0.3) is 0 Å². The smallest absolute Gasteiger partial charge is 0.237 e. The molecule has 5 nitrogen and oxygen atoms in total. The lowest BCUT2D eigenvalue weighted by molar-refractivity contribution is -0.135. The van der Waals surface area contributed by atoms with Crippen molar-refractivity contribution in [3.8, 4) is 0 Å².